The summed E-state index contributed by atoms with van der Waals surface area (Å²) in [5.41, 5.74) is 1.60. The van der Waals surface area contributed by atoms with Crippen molar-refractivity contribution in [2.24, 2.45) is 5.92 Å². The lowest BCUT2D eigenvalue weighted by Crippen LogP contribution is -2.51. The minimum atomic E-state index is -3.75. The second kappa shape index (κ2) is 16.0. The van der Waals surface area contributed by atoms with Crippen LogP contribution in [0.4, 0.5) is 5.69 Å². The zero-order valence-corrected chi connectivity index (χ0v) is 28.0. The maximum atomic E-state index is 14.0. The van der Waals surface area contributed by atoms with Crippen molar-refractivity contribution < 1.29 is 18.0 Å². The van der Waals surface area contributed by atoms with Crippen LogP contribution < -0.4 is 9.62 Å². The number of sulfonamides is 1. The molecule has 3 rings (SSSR count). The van der Waals surface area contributed by atoms with E-state index in [2.05, 4.69) is 5.32 Å². The molecule has 0 saturated heterocycles. The van der Waals surface area contributed by atoms with Crippen molar-refractivity contribution >= 4 is 73.9 Å². The summed E-state index contributed by atoms with van der Waals surface area (Å²) < 4.78 is 26.5. The van der Waals surface area contributed by atoms with Crippen molar-refractivity contribution in [1.29, 1.82) is 0 Å². The summed E-state index contributed by atoms with van der Waals surface area (Å²) in [6, 6.07) is 18.1. The molecule has 1 N–H and O–H groups in total. The fourth-order valence-electron chi connectivity index (χ4n) is 4.49. The number of carbonyl (C=O) groups excluding carboxylic acids is 2. The summed E-state index contributed by atoms with van der Waals surface area (Å²) in [5.74, 6) is -0.469. The van der Waals surface area contributed by atoms with Crippen LogP contribution in [0.3, 0.4) is 0 Å². The Hall–Kier alpha value is -2.49. The highest BCUT2D eigenvalue weighted by atomic mass is 35.5. The van der Waals surface area contributed by atoms with Crippen LogP contribution in [0, 0.1) is 5.92 Å². The lowest BCUT2D eigenvalue weighted by atomic mass is 10.0. The van der Waals surface area contributed by atoms with Crippen LogP contribution in [0.15, 0.2) is 66.7 Å². The molecule has 0 saturated carbocycles. The normalized spacial score (nSPS) is 12.2. The predicted octanol–water partition coefficient (Wildman–Crippen LogP) is 7.26. The number of hydrogen-bond donors (Lipinski definition) is 1. The molecule has 0 radical (unpaired) electrons. The molecule has 0 heterocycles. The molecule has 0 bridgehead atoms. The Kier molecular flexibility index (Phi) is 13.0. The zero-order chi connectivity index (χ0) is 31.7. The molecule has 0 spiro atoms. The summed E-state index contributed by atoms with van der Waals surface area (Å²) in [5, 5.41) is 4.23. The van der Waals surface area contributed by atoms with Gasteiger partial charge in [-0.1, -0.05) is 96.6 Å². The van der Waals surface area contributed by atoms with Gasteiger partial charge in [-0.05, 0) is 48.2 Å². The molecule has 1 atom stereocenters. The topological polar surface area (TPSA) is 86.8 Å². The predicted molar refractivity (Wildman–Crippen MR) is 177 cm³/mol. The molecular weight excluding hydrogens is 652 g/mol. The van der Waals surface area contributed by atoms with E-state index in [1.165, 1.54) is 17.0 Å². The van der Waals surface area contributed by atoms with E-state index in [1.54, 1.807) is 24.3 Å². The van der Waals surface area contributed by atoms with Gasteiger partial charge in [0.25, 0.3) is 0 Å². The van der Waals surface area contributed by atoms with Gasteiger partial charge in [0.15, 0.2) is 0 Å². The van der Waals surface area contributed by atoms with Crippen LogP contribution in [0.2, 0.25) is 20.1 Å². The number of halogens is 4. The second-order valence-electron chi connectivity index (χ2n) is 10.6. The van der Waals surface area contributed by atoms with Crippen molar-refractivity contribution in [1.82, 2.24) is 10.2 Å². The monoisotopic (exact) mass is 685 g/mol. The summed E-state index contributed by atoms with van der Waals surface area (Å²) in [7, 11) is -3.75. The first-order valence-corrected chi connectivity index (χ1v) is 17.1. The summed E-state index contributed by atoms with van der Waals surface area (Å²) in [6.45, 7) is 4.36. The number of rotatable bonds is 14. The number of anilines is 1. The molecule has 2 amide bonds. The molecule has 7 nitrogen and oxygen atoms in total. The quantitative estimate of drug-likeness (QED) is 0.193. The summed E-state index contributed by atoms with van der Waals surface area (Å²) in [6.07, 6.45) is 1.40. The van der Waals surface area contributed by atoms with Crippen molar-refractivity contribution in [3.8, 4) is 0 Å². The lowest BCUT2D eigenvalue weighted by molar-refractivity contribution is -0.141. The highest BCUT2D eigenvalue weighted by Crippen LogP contribution is 2.31. The molecule has 232 valence electrons. The van der Waals surface area contributed by atoms with Crippen molar-refractivity contribution in [3.63, 3.8) is 0 Å². The van der Waals surface area contributed by atoms with Gasteiger partial charge in [0.2, 0.25) is 21.8 Å². The van der Waals surface area contributed by atoms with E-state index in [0.29, 0.717) is 27.2 Å². The average molecular weight is 688 g/mol. The van der Waals surface area contributed by atoms with E-state index >= 15 is 0 Å². The van der Waals surface area contributed by atoms with E-state index < -0.39 is 16.1 Å². The third-order valence-corrected chi connectivity index (χ3v) is 9.12. The third kappa shape index (κ3) is 10.3. The molecule has 0 aliphatic rings. The van der Waals surface area contributed by atoms with Gasteiger partial charge in [-0.3, -0.25) is 13.9 Å². The molecule has 0 aromatic heterocycles. The van der Waals surface area contributed by atoms with Gasteiger partial charge in [0, 0.05) is 53.1 Å². The van der Waals surface area contributed by atoms with Crippen molar-refractivity contribution in [2.45, 2.75) is 45.7 Å². The SMILES string of the molecule is CC(C)CNC(=O)[C@H](Cc1ccccc1)N(Cc1c(Cl)cccc1Cl)C(=O)CCCN(c1cc(Cl)ccc1Cl)S(C)(=O)=O. The summed E-state index contributed by atoms with van der Waals surface area (Å²) in [4.78, 5) is 29.1. The molecule has 0 aliphatic carbocycles. The molecule has 3 aromatic carbocycles. The van der Waals surface area contributed by atoms with Crippen LogP contribution in [0.1, 0.15) is 37.8 Å². The van der Waals surface area contributed by atoms with E-state index in [0.717, 1.165) is 16.1 Å². The van der Waals surface area contributed by atoms with Crippen molar-refractivity contribution in [2.75, 3.05) is 23.7 Å². The maximum absolute atomic E-state index is 14.0. The minimum absolute atomic E-state index is 0.0140. The molecule has 43 heavy (non-hydrogen) atoms. The minimum Gasteiger partial charge on any atom is -0.354 e. The lowest BCUT2D eigenvalue weighted by Gasteiger charge is -2.32. The maximum Gasteiger partial charge on any atom is 0.243 e. The Balaban J connectivity index is 1.94. The van der Waals surface area contributed by atoms with Gasteiger partial charge in [-0.25, -0.2) is 8.42 Å². The Bertz CT molecular complexity index is 1500. The molecule has 0 fully saturated rings. The zero-order valence-electron chi connectivity index (χ0n) is 24.2. The fourth-order valence-corrected chi connectivity index (χ4v) is 6.41. The highest BCUT2D eigenvalue weighted by molar-refractivity contribution is 7.92. The Morgan fingerprint density at radius 3 is 2.14 bits per heavy atom. The number of amides is 2. The van der Waals surface area contributed by atoms with Crippen LogP contribution in [-0.4, -0.2) is 50.5 Å². The fraction of sp³-hybridized carbons (Fsp3) is 0.355. The third-order valence-electron chi connectivity index (χ3n) is 6.67. The Morgan fingerprint density at radius 2 is 1.53 bits per heavy atom. The number of hydrogen-bond acceptors (Lipinski definition) is 4. The first kappa shape index (κ1) is 35.0. The number of nitrogens with one attached hydrogen (secondary N) is 1. The standard InChI is InChI=1S/C31H35Cl4N3O4S/c1-21(2)19-36-31(40)29(17-22-9-5-4-6-10-22)37(20-24-25(33)11-7-12-26(24)34)30(39)13-8-16-38(43(3,41)42)28-18-23(32)14-15-27(28)35/h4-7,9-12,14-15,18,21,29H,8,13,16-17,19-20H2,1-3H3,(H,36,40)/t29-/m0/s1. The molecule has 0 unspecified atom stereocenters. The average Bonchev–Trinajstić information content (AvgIpc) is 2.94. The van der Waals surface area contributed by atoms with E-state index in [4.69, 9.17) is 46.4 Å². The molecular formula is C31H35Cl4N3O4S. The first-order valence-electron chi connectivity index (χ1n) is 13.7. The van der Waals surface area contributed by atoms with Gasteiger partial charge in [0.05, 0.1) is 17.0 Å². The number of benzene rings is 3. The van der Waals surface area contributed by atoms with Crippen LogP contribution in [0.5, 0.6) is 0 Å². The first-order chi connectivity index (χ1) is 20.3. The highest BCUT2D eigenvalue weighted by Gasteiger charge is 2.31. The molecule has 3 aromatic rings. The van der Waals surface area contributed by atoms with Crippen LogP contribution in [-0.2, 0) is 32.6 Å². The van der Waals surface area contributed by atoms with Gasteiger partial charge >= 0.3 is 0 Å². The Morgan fingerprint density at radius 1 is 0.884 bits per heavy atom. The number of carbonyl (C=O) groups is 2. The largest absolute Gasteiger partial charge is 0.354 e. The van der Waals surface area contributed by atoms with Gasteiger partial charge in [-0.15, -0.1) is 0 Å². The van der Waals surface area contributed by atoms with Gasteiger partial charge in [0.1, 0.15) is 6.04 Å². The molecule has 0 aliphatic heterocycles. The van der Waals surface area contributed by atoms with E-state index in [9.17, 15) is 18.0 Å². The summed E-state index contributed by atoms with van der Waals surface area (Å²) >= 11 is 25.4. The smallest absolute Gasteiger partial charge is 0.243 e. The second-order valence-corrected chi connectivity index (χ2v) is 14.2. The van der Waals surface area contributed by atoms with Gasteiger partial charge in [-0.2, -0.15) is 0 Å². The van der Waals surface area contributed by atoms with Crippen LogP contribution in [0.25, 0.3) is 0 Å². The van der Waals surface area contributed by atoms with E-state index in [-0.39, 0.29) is 60.8 Å². The molecule has 12 heteroatoms. The Labute approximate surface area is 274 Å². The number of nitrogens with zero attached hydrogens (tertiary/aromatic N) is 2. The van der Waals surface area contributed by atoms with E-state index in [1.807, 2.05) is 44.2 Å². The van der Waals surface area contributed by atoms with Gasteiger partial charge < -0.3 is 10.2 Å². The van der Waals surface area contributed by atoms with Crippen LogP contribution >= 0.6 is 46.4 Å². The van der Waals surface area contributed by atoms with Crippen molar-refractivity contribution in [3.05, 3.63) is 97.9 Å².